The molecule has 1 aromatic heterocycles. The van der Waals surface area contributed by atoms with Gasteiger partial charge in [-0.3, -0.25) is 4.79 Å². The molecule has 8 heteroatoms. The van der Waals surface area contributed by atoms with Crippen LogP contribution in [0, 0.1) is 0 Å². The molecular weight excluding hydrogens is 313 g/mol. The van der Waals surface area contributed by atoms with E-state index in [9.17, 15) is 4.79 Å². The number of hydrogen-bond donors (Lipinski definition) is 2. The molecule has 6 nitrogen and oxygen atoms in total. The maximum atomic E-state index is 11.8. The Bertz CT molecular complexity index is 438. The quantitative estimate of drug-likeness (QED) is 0.861. The number of amides is 1. The summed E-state index contributed by atoms with van der Waals surface area (Å²) in [5, 5.41) is 10.9. The van der Waals surface area contributed by atoms with E-state index in [0.717, 1.165) is 25.2 Å². The number of rotatable bonds is 4. The summed E-state index contributed by atoms with van der Waals surface area (Å²) in [5.41, 5.74) is 4.92. The standard InChI is InChI=1S/C13H21N5O.2ClH/c1-13(2,14)12(19)15-9-10-5-4-8-18(10)11-6-3-7-16-17-11;;/h3,6-7,10H,4-5,8-9,14H2,1-2H3,(H,15,19);2*1H. The molecule has 1 aromatic rings. The van der Waals surface area contributed by atoms with E-state index in [1.807, 2.05) is 12.1 Å². The summed E-state index contributed by atoms with van der Waals surface area (Å²) in [6.07, 6.45) is 3.80. The molecule has 1 aliphatic rings. The van der Waals surface area contributed by atoms with Gasteiger partial charge >= 0.3 is 0 Å². The van der Waals surface area contributed by atoms with Gasteiger partial charge < -0.3 is 16.0 Å². The van der Waals surface area contributed by atoms with Gasteiger partial charge in [0.1, 0.15) is 0 Å². The third-order valence-corrected chi connectivity index (χ3v) is 3.31. The first kappa shape index (κ1) is 19.9. The van der Waals surface area contributed by atoms with Crippen LogP contribution in [0.4, 0.5) is 5.82 Å². The Kier molecular flexibility index (Phi) is 7.92. The lowest BCUT2D eigenvalue weighted by Gasteiger charge is -2.27. The van der Waals surface area contributed by atoms with Gasteiger partial charge in [-0.1, -0.05) is 0 Å². The number of nitrogens with two attached hydrogens (primary N) is 1. The van der Waals surface area contributed by atoms with Crippen molar-refractivity contribution in [2.45, 2.75) is 38.3 Å². The molecule has 0 spiro atoms. The zero-order valence-corrected chi connectivity index (χ0v) is 13.9. The van der Waals surface area contributed by atoms with E-state index in [2.05, 4.69) is 20.4 Å². The van der Waals surface area contributed by atoms with Gasteiger partial charge in [0.25, 0.3) is 0 Å². The lowest BCUT2D eigenvalue weighted by molar-refractivity contribution is -0.125. The molecule has 2 rings (SSSR count). The second-order valence-electron chi connectivity index (χ2n) is 5.50. The summed E-state index contributed by atoms with van der Waals surface area (Å²) in [7, 11) is 0. The molecule has 3 N–H and O–H groups in total. The first-order valence-electron chi connectivity index (χ1n) is 6.60. The summed E-state index contributed by atoms with van der Waals surface area (Å²) in [6, 6.07) is 4.09. The van der Waals surface area contributed by atoms with E-state index >= 15 is 0 Å². The van der Waals surface area contributed by atoms with Gasteiger partial charge in [0, 0.05) is 25.3 Å². The van der Waals surface area contributed by atoms with Gasteiger partial charge in [-0.05, 0) is 38.8 Å². The average molecular weight is 336 g/mol. The maximum Gasteiger partial charge on any atom is 0.239 e. The van der Waals surface area contributed by atoms with Crippen molar-refractivity contribution in [1.82, 2.24) is 15.5 Å². The second kappa shape index (κ2) is 8.36. The SMILES string of the molecule is CC(C)(N)C(=O)NCC1CCCN1c1cccnn1.Cl.Cl. The zero-order valence-electron chi connectivity index (χ0n) is 12.3. The van der Waals surface area contributed by atoms with Crippen LogP contribution in [0.1, 0.15) is 26.7 Å². The van der Waals surface area contributed by atoms with Crippen molar-refractivity contribution in [3.8, 4) is 0 Å². The summed E-state index contributed by atoms with van der Waals surface area (Å²) < 4.78 is 0. The van der Waals surface area contributed by atoms with E-state index in [1.165, 1.54) is 0 Å². The Hall–Kier alpha value is -1.11. The smallest absolute Gasteiger partial charge is 0.239 e. The fourth-order valence-electron chi connectivity index (χ4n) is 2.23. The highest BCUT2D eigenvalue weighted by Gasteiger charge is 2.28. The highest BCUT2D eigenvalue weighted by atomic mass is 35.5. The van der Waals surface area contributed by atoms with Crippen LogP contribution < -0.4 is 16.0 Å². The Morgan fingerprint density at radius 1 is 1.52 bits per heavy atom. The first-order valence-corrected chi connectivity index (χ1v) is 6.60. The molecule has 0 aromatic carbocycles. The Morgan fingerprint density at radius 2 is 2.24 bits per heavy atom. The molecule has 0 bridgehead atoms. The molecule has 2 heterocycles. The topological polar surface area (TPSA) is 84.1 Å². The number of halogens is 2. The number of carbonyl (C=O) groups excluding carboxylic acids is 1. The molecular formula is C13H23Cl2N5O. The molecule has 1 saturated heterocycles. The van der Waals surface area contributed by atoms with Crippen molar-refractivity contribution in [2.75, 3.05) is 18.0 Å². The summed E-state index contributed by atoms with van der Waals surface area (Å²) in [4.78, 5) is 14.0. The van der Waals surface area contributed by atoms with E-state index in [-0.39, 0.29) is 36.8 Å². The molecule has 0 saturated carbocycles. The Balaban J connectivity index is 0.00000200. The first-order chi connectivity index (χ1) is 8.98. The van der Waals surface area contributed by atoms with Crippen LogP contribution in [0.3, 0.4) is 0 Å². The predicted octanol–water partition coefficient (Wildman–Crippen LogP) is 1.14. The largest absolute Gasteiger partial charge is 0.352 e. The van der Waals surface area contributed by atoms with Gasteiger partial charge in [-0.2, -0.15) is 5.10 Å². The fraction of sp³-hybridized carbons (Fsp3) is 0.615. The summed E-state index contributed by atoms with van der Waals surface area (Å²) >= 11 is 0. The molecule has 21 heavy (non-hydrogen) atoms. The lowest BCUT2D eigenvalue weighted by atomic mass is 10.1. The second-order valence-corrected chi connectivity index (χ2v) is 5.50. The predicted molar refractivity (Wildman–Crippen MR) is 88.2 cm³/mol. The zero-order chi connectivity index (χ0) is 13.9. The van der Waals surface area contributed by atoms with Crippen LogP contribution >= 0.6 is 24.8 Å². The number of anilines is 1. The van der Waals surface area contributed by atoms with Gasteiger partial charge in [0.15, 0.2) is 5.82 Å². The summed E-state index contributed by atoms with van der Waals surface area (Å²) in [5.74, 6) is 0.741. The molecule has 1 aliphatic heterocycles. The number of nitrogens with one attached hydrogen (secondary N) is 1. The molecule has 1 atom stereocenters. The van der Waals surface area contributed by atoms with Crippen LogP contribution in [-0.2, 0) is 4.79 Å². The van der Waals surface area contributed by atoms with Crippen LogP contribution in [-0.4, -0.2) is 40.8 Å². The van der Waals surface area contributed by atoms with Crippen LogP contribution in [0.15, 0.2) is 18.3 Å². The van der Waals surface area contributed by atoms with Crippen molar-refractivity contribution >= 4 is 36.5 Å². The molecule has 1 fully saturated rings. The Labute approximate surface area is 137 Å². The van der Waals surface area contributed by atoms with E-state index in [0.29, 0.717) is 6.54 Å². The monoisotopic (exact) mass is 335 g/mol. The van der Waals surface area contributed by atoms with E-state index in [1.54, 1.807) is 20.0 Å². The third kappa shape index (κ3) is 5.30. The van der Waals surface area contributed by atoms with Gasteiger partial charge in [-0.25, -0.2) is 0 Å². The third-order valence-electron chi connectivity index (χ3n) is 3.31. The summed E-state index contributed by atoms with van der Waals surface area (Å²) in [6.45, 7) is 4.95. The van der Waals surface area contributed by atoms with Crippen molar-refractivity contribution in [1.29, 1.82) is 0 Å². The number of aromatic nitrogens is 2. The minimum atomic E-state index is -0.837. The molecule has 0 radical (unpaired) electrons. The molecule has 1 amide bonds. The van der Waals surface area contributed by atoms with E-state index in [4.69, 9.17) is 5.73 Å². The number of nitrogens with zero attached hydrogens (tertiary/aromatic N) is 3. The number of carbonyl (C=O) groups is 1. The van der Waals surface area contributed by atoms with Crippen molar-refractivity contribution in [3.63, 3.8) is 0 Å². The minimum absolute atomic E-state index is 0. The molecule has 0 aliphatic carbocycles. The van der Waals surface area contributed by atoms with Crippen LogP contribution in [0.2, 0.25) is 0 Å². The van der Waals surface area contributed by atoms with Gasteiger partial charge in [0.2, 0.25) is 5.91 Å². The van der Waals surface area contributed by atoms with Crippen LogP contribution in [0.5, 0.6) is 0 Å². The van der Waals surface area contributed by atoms with Gasteiger partial charge in [-0.15, -0.1) is 29.9 Å². The van der Waals surface area contributed by atoms with E-state index < -0.39 is 5.54 Å². The highest BCUT2D eigenvalue weighted by Crippen LogP contribution is 2.22. The normalized spacial score (nSPS) is 17.7. The molecule has 1 unspecified atom stereocenters. The van der Waals surface area contributed by atoms with Crippen molar-refractivity contribution < 1.29 is 4.79 Å². The van der Waals surface area contributed by atoms with Crippen molar-refractivity contribution in [2.24, 2.45) is 5.73 Å². The highest BCUT2D eigenvalue weighted by molar-refractivity contribution is 5.86. The molecule has 120 valence electrons. The van der Waals surface area contributed by atoms with Crippen molar-refractivity contribution in [3.05, 3.63) is 18.3 Å². The number of hydrogen-bond acceptors (Lipinski definition) is 5. The average Bonchev–Trinajstić information content (AvgIpc) is 2.84. The fourth-order valence-corrected chi connectivity index (χ4v) is 2.23. The Morgan fingerprint density at radius 3 is 2.81 bits per heavy atom. The maximum absolute atomic E-state index is 11.8. The van der Waals surface area contributed by atoms with Crippen LogP contribution in [0.25, 0.3) is 0 Å². The van der Waals surface area contributed by atoms with Gasteiger partial charge in [0.05, 0.1) is 5.54 Å². The lowest BCUT2D eigenvalue weighted by Crippen LogP contribution is -2.52. The minimum Gasteiger partial charge on any atom is -0.352 e.